The van der Waals surface area contributed by atoms with Crippen molar-refractivity contribution in [2.75, 3.05) is 6.54 Å². The SMILES string of the molecule is Cc1cc(C)cc(CN2CC(=O)NS2(=O)=O)c1. The van der Waals surface area contributed by atoms with E-state index in [0.717, 1.165) is 21.0 Å². The Hall–Kier alpha value is -1.40. The number of carbonyl (C=O) groups is 1. The molecule has 1 fully saturated rings. The van der Waals surface area contributed by atoms with E-state index >= 15 is 0 Å². The topological polar surface area (TPSA) is 66.5 Å². The molecule has 0 unspecified atom stereocenters. The molecule has 1 N–H and O–H groups in total. The van der Waals surface area contributed by atoms with Gasteiger partial charge in [0.15, 0.2) is 0 Å². The first-order chi connectivity index (χ1) is 7.87. The number of amides is 1. The van der Waals surface area contributed by atoms with Gasteiger partial charge in [-0.3, -0.25) is 4.79 Å². The average Bonchev–Trinajstić information content (AvgIpc) is 2.37. The molecule has 5 nitrogen and oxygen atoms in total. The first-order valence-corrected chi connectivity index (χ1v) is 6.69. The smallest absolute Gasteiger partial charge is 0.272 e. The van der Waals surface area contributed by atoms with Crippen molar-refractivity contribution in [3.05, 3.63) is 34.9 Å². The Morgan fingerprint density at radius 2 is 1.82 bits per heavy atom. The van der Waals surface area contributed by atoms with Crippen molar-refractivity contribution in [2.24, 2.45) is 0 Å². The summed E-state index contributed by atoms with van der Waals surface area (Å²) in [5.41, 5.74) is 3.05. The first kappa shape index (κ1) is 12.1. The van der Waals surface area contributed by atoms with Crippen LogP contribution in [0.3, 0.4) is 0 Å². The van der Waals surface area contributed by atoms with E-state index in [1.165, 1.54) is 0 Å². The highest BCUT2D eigenvalue weighted by Crippen LogP contribution is 2.15. The predicted molar refractivity (Wildman–Crippen MR) is 63.4 cm³/mol. The van der Waals surface area contributed by atoms with Crippen molar-refractivity contribution in [2.45, 2.75) is 20.4 Å². The zero-order valence-corrected chi connectivity index (χ0v) is 10.5. The average molecular weight is 254 g/mol. The molecule has 0 atom stereocenters. The Balaban J connectivity index is 2.24. The molecule has 2 rings (SSSR count). The summed E-state index contributed by atoms with van der Waals surface area (Å²) < 4.78 is 26.2. The number of carbonyl (C=O) groups excluding carboxylic acids is 1. The van der Waals surface area contributed by atoms with E-state index in [9.17, 15) is 13.2 Å². The van der Waals surface area contributed by atoms with Gasteiger partial charge in [0.25, 0.3) is 0 Å². The highest BCUT2D eigenvalue weighted by Gasteiger charge is 2.33. The number of benzene rings is 1. The van der Waals surface area contributed by atoms with Gasteiger partial charge in [0, 0.05) is 6.54 Å². The van der Waals surface area contributed by atoms with Gasteiger partial charge in [-0.2, -0.15) is 12.7 Å². The molecule has 0 saturated carbocycles. The van der Waals surface area contributed by atoms with Crippen LogP contribution in [0.5, 0.6) is 0 Å². The third-order valence-corrected chi connectivity index (χ3v) is 3.97. The molecule has 1 aliphatic rings. The van der Waals surface area contributed by atoms with Gasteiger partial charge in [-0.25, -0.2) is 4.72 Å². The molecule has 17 heavy (non-hydrogen) atoms. The largest absolute Gasteiger partial charge is 0.304 e. The minimum absolute atomic E-state index is 0.102. The van der Waals surface area contributed by atoms with Crippen LogP contribution in [0.2, 0.25) is 0 Å². The van der Waals surface area contributed by atoms with Gasteiger partial charge in [0.1, 0.15) is 0 Å². The van der Waals surface area contributed by atoms with Gasteiger partial charge >= 0.3 is 10.2 Å². The van der Waals surface area contributed by atoms with E-state index in [4.69, 9.17) is 0 Å². The fraction of sp³-hybridized carbons (Fsp3) is 0.364. The van der Waals surface area contributed by atoms with E-state index in [1.54, 1.807) is 0 Å². The third-order valence-electron chi connectivity index (χ3n) is 2.54. The van der Waals surface area contributed by atoms with E-state index in [-0.39, 0.29) is 13.1 Å². The van der Waals surface area contributed by atoms with E-state index in [1.807, 2.05) is 36.8 Å². The molecule has 1 amide bonds. The second-order valence-electron chi connectivity index (χ2n) is 4.29. The lowest BCUT2D eigenvalue weighted by atomic mass is 10.1. The summed E-state index contributed by atoms with van der Waals surface area (Å²) in [6, 6.07) is 5.86. The maximum Gasteiger partial charge on any atom is 0.304 e. The number of nitrogens with zero attached hydrogens (tertiary/aromatic N) is 1. The first-order valence-electron chi connectivity index (χ1n) is 5.25. The molecule has 92 valence electrons. The summed E-state index contributed by atoms with van der Waals surface area (Å²) in [6.07, 6.45) is 0. The van der Waals surface area contributed by atoms with Crippen LogP contribution in [0.15, 0.2) is 18.2 Å². The van der Waals surface area contributed by atoms with Crippen LogP contribution in [-0.4, -0.2) is 25.2 Å². The maximum absolute atomic E-state index is 11.5. The summed E-state index contributed by atoms with van der Waals surface area (Å²) in [6.45, 7) is 4.04. The van der Waals surface area contributed by atoms with Crippen molar-refractivity contribution in [1.29, 1.82) is 0 Å². The Bertz CT molecular complexity index is 546. The lowest BCUT2D eigenvalue weighted by Gasteiger charge is -2.13. The summed E-state index contributed by atoms with van der Waals surface area (Å²) in [7, 11) is -3.63. The van der Waals surface area contributed by atoms with Gasteiger partial charge in [0.2, 0.25) is 5.91 Å². The molecule has 1 saturated heterocycles. The van der Waals surface area contributed by atoms with Gasteiger partial charge in [-0.05, 0) is 19.4 Å². The highest BCUT2D eigenvalue weighted by molar-refractivity contribution is 7.88. The molecule has 6 heteroatoms. The van der Waals surface area contributed by atoms with Crippen molar-refractivity contribution in [1.82, 2.24) is 9.03 Å². The van der Waals surface area contributed by atoms with Crippen LogP contribution in [0.25, 0.3) is 0 Å². The molecule has 1 aromatic carbocycles. The monoisotopic (exact) mass is 254 g/mol. The van der Waals surface area contributed by atoms with Gasteiger partial charge in [0.05, 0.1) is 6.54 Å². The number of hydrogen-bond donors (Lipinski definition) is 1. The number of hydrogen-bond acceptors (Lipinski definition) is 3. The molecule has 0 aromatic heterocycles. The maximum atomic E-state index is 11.5. The quantitative estimate of drug-likeness (QED) is 0.834. The van der Waals surface area contributed by atoms with Crippen LogP contribution in [0.1, 0.15) is 16.7 Å². The van der Waals surface area contributed by atoms with Gasteiger partial charge < -0.3 is 0 Å². The van der Waals surface area contributed by atoms with Crippen LogP contribution in [0.4, 0.5) is 0 Å². The standard InChI is InChI=1S/C11H14N2O3S/c1-8-3-9(2)5-10(4-8)6-13-7-11(14)12-17(13,15)16/h3-5H,6-7H2,1-2H3,(H,12,14). The fourth-order valence-electron chi connectivity index (χ4n) is 1.99. The second kappa shape index (κ2) is 4.12. The molecule has 0 radical (unpaired) electrons. The number of nitrogens with one attached hydrogen (secondary N) is 1. The van der Waals surface area contributed by atoms with Crippen LogP contribution < -0.4 is 4.72 Å². The Kier molecular flexibility index (Phi) is 2.92. The Morgan fingerprint density at radius 3 is 2.29 bits per heavy atom. The molecule has 1 aromatic rings. The summed E-state index contributed by atoms with van der Waals surface area (Å²) in [5.74, 6) is -0.477. The summed E-state index contributed by atoms with van der Waals surface area (Å²) >= 11 is 0. The molecular formula is C11H14N2O3S. The minimum Gasteiger partial charge on any atom is -0.272 e. The lowest BCUT2D eigenvalue weighted by molar-refractivity contribution is -0.118. The molecule has 0 spiro atoms. The normalized spacial score (nSPS) is 19.3. The highest BCUT2D eigenvalue weighted by atomic mass is 32.2. The van der Waals surface area contributed by atoms with Crippen molar-refractivity contribution in [3.63, 3.8) is 0 Å². The molecule has 0 bridgehead atoms. The van der Waals surface area contributed by atoms with E-state index < -0.39 is 16.1 Å². The van der Waals surface area contributed by atoms with E-state index in [2.05, 4.69) is 0 Å². The molecule has 1 aliphatic heterocycles. The zero-order chi connectivity index (χ0) is 12.6. The predicted octanol–water partition coefficient (Wildman–Crippen LogP) is 0.480. The van der Waals surface area contributed by atoms with Crippen LogP contribution in [0, 0.1) is 13.8 Å². The van der Waals surface area contributed by atoms with Crippen LogP contribution in [-0.2, 0) is 21.5 Å². The number of rotatable bonds is 2. The van der Waals surface area contributed by atoms with Crippen molar-refractivity contribution < 1.29 is 13.2 Å². The summed E-state index contributed by atoms with van der Waals surface area (Å²) in [4.78, 5) is 11.1. The lowest BCUT2D eigenvalue weighted by Crippen LogP contribution is -2.29. The van der Waals surface area contributed by atoms with Gasteiger partial charge in [-0.1, -0.05) is 29.3 Å². The summed E-state index contributed by atoms with van der Waals surface area (Å²) in [5, 5.41) is 0. The zero-order valence-electron chi connectivity index (χ0n) is 9.73. The van der Waals surface area contributed by atoms with Crippen LogP contribution >= 0.6 is 0 Å². The van der Waals surface area contributed by atoms with Crippen molar-refractivity contribution in [3.8, 4) is 0 Å². The minimum atomic E-state index is -3.63. The van der Waals surface area contributed by atoms with Crippen molar-refractivity contribution >= 4 is 16.1 Å². The Morgan fingerprint density at radius 1 is 1.24 bits per heavy atom. The fourth-order valence-corrected chi connectivity index (χ4v) is 3.08. The second-order valence-corrected chi connectivity index (χ2v) is 5.96. The molecule has 0 aliphatic carbocycles. The molecule has 1 heterocycles. The Labute approximate surface area is 101 Å². The number of aryl methyl sites for hydroxylation is 2. The molecular weight excluding hydrogens is 240 g/mol. The third kappa shape index (κ3) is 2.65. The van der Waals surface area contributed by atoms with E-state index in [0.29, 0.717) is 0 Å². The van der Waals surface area contributed by atoms with Gasteiger partial charge in [-0.15, -0.1) is 0 Å².